The Morgan fingerprint density at radius 3 is 2.50 bits per heavy atom. The van der Waals surface area contributed by atoms with E-state index < -0.39 is 29.6 Å². The molecule has 28 heavy (non-hydrogen) atoms. The number of carbonyl (C=O) groups is 5. The van der Waals surface area contributed by atoms with Gasteiger partial charge in [0, 0.05) is 18.5 Å². The average molecular weight is 387 g/mol. The van der Waals surface area contributed by atoms with Crippen LogP contribution in [0.25, 0.3) is 0 Å². The third kappa shape index (κ3) is 3.47. The van der Waals surface area contributed by atoms with Gasteiger partial charge in [0.15, 0.2) is 0 Å². The standard InChI is InChI=1S/C19H21N3O6/c1-10(2)8-21-17(25)13-5-4-11(6-14(13)18(21)26)16(24)22-9-12(19(27)28-3)7-15(23)20-22/h4-6,10,12H,7-9H2,1-3H3,(H,20,23). The molecular weight excluding hydrogens is 366 g/mol. The number of nitrogens with zero attached hydrogens (tertiary/aromatic N) is 2. The van der Waals surface area contributed by atoms with E-state index in [2.05, 4.69) is 10.2 Å². The maximum atomic E-state index is 12.8. The highest BCUT2D eigenvalue weighted by molar-refractivity contribution is 6.22. The SMILES string of the molecule is COC(=O)C1CC(=O)NN(C(=O)c2ccc3c(c2)C(=O)N(CC(C)C)C3=O)C1. The zero-order valence-electron chi connectivity index (χ0n) is 15.9. The Morgan fingerprint density at radius 2 is 1.86 bits per heavy atom. The molecule has 1 saturated heterocycles. The van der Waals surface area contributed by atoms with E-state index in [4.69, 9.17) is 0 Å². The third-order valence-electron chi connectivity index (χ3n) is 4.64. The number of imide groups is 1. The molecule has 0 spiro atoms. The molecule has 0 bridgehead atoms. The van der Waals surface area contributed by atoms with E-state index in [0.29, 0.717) is 6.54 Å². The van der Waals surface area contributed by atoms with E-state index in [-0.39, 0.29) is 41.5 Å². The van der Waals surface area contributed by atoms with Crippen molar-refractivity contribution in [3.63, 3.8) is 0 Å². The number of rotatable bonds is 4. The van der Waals surface area contributed by atoms with Crippen molar-refractivity contribution in [2.24, 2.45) is 11.8 Å². The minimum atomic E-state index is -0.762. The lowest BCUT2D eigenvalue weighted by Gasteiger charge is -2.31. The van der Waals surface area contributed by atoms with Crippen LogP contribution in [-0.4, -0.2) is 59.7 Å². The Hall–Kier alpha value is -3.23. The molecule has 9 heteroatoms. The van der Waals surface area contributed by atoms with Crippen molar-refractivity contribution >= 4 is 29.6 Å². The van der Waals surface area contributed by atoms with Gasteiger partial charge in [0.1, 0.15) is 0 Å². The Bertz CT molecular complexity index is 878. The highest BCUT2D eigenvalue weighted by atomic mass is 16.5. The average Bonchev–Trinajstić information content (AvgIpc) is 2.90. The van der Waals surface area contributed by atoms with Crippen molar-refractivity contribution in [2.75, 3.05) is 20.2 Å². The second kappa shape index (κ2) is 7.41. The second-order valence-electron chi connectivity index (χ2n) is 7.25. The van der Waals surface area contributed by atoms with E-state index >= 15 is 0 Å². The van der Waals surface area contributed by atoms with Crippen molar-refractivity contribution in [1.29, 1.82) is 0 Å². The summed E-state index contributed by atoms with van der Waals surface area (Å²) in [4.78, 5) is 62.6. The van der Waals surface area contributed by atoms with Crippen LogP contribution in [0.3, 0.4) is 0 Å². The summed E-state index contributed by atoms with van der Waals surface area (Å²) in [6.45, 7) is 4.05. The topological polar surface area (TPSA) is 113 Å². The molecule has 0 radical (unpaired) electrons. The minimum absolute atomic E-state index is 0.0410. The molecule has 9 nitrogen and oxygen atoms in total. The summed E-state index contributed by atoms with van der Waals surface area (Å²) in [5, 5.41) is 1.03. The van der Waals surface area contributed by atoms with Crippen LogP contribution < -0.4 is 5.43 Å². The number of ether oxygens (including phenoxy) is 1. The molecule has 2 aliphatic rings. The van der Waals surface area contributed by atoms with Crippen LogP contribution in [0, 0.1) is 11.8 Å². The first-order valence-corrected chi connectivity index (χ1v) is 8.92. The molecule has 1 N–H and O–H groups in total. The second-order valence-corrected chi connectivity index (χ2v) is 7.25. The number of hydrazine groups is 1. The van der Waals surface area contributed by atoms with Crippen molar-refractivity contribution in [2.45, 2.75) is 20.3 Å². The number of hydrogen-bond acceptors (Lipinski definition) is 6. The lowest BCUT2D eigenvalue weighted by molar-refractivity contribution is -0.151. The van der Waals surface area contributed by atoms with E-state index in [9.17, 15) is 24.0 Å². The first-order chi connectivity index (χ1) is 13.2. The number of amides is 4. The number of benzene rings is 1. The predicted octanol–water partition coefficient (Wildman–Crippen LogP) is 0.605. The van der Waals surface area contributed by atoms with Crippen LogP contribution in [0.2, 0.25) is 0 Å². The first-order valence-electron chi connectivity index (χ1n) is 8.92. The van der Waals surface area contributed by atoms with Gasteiger partial charge in [-0.25, -0.2) is 5.01 Å². The Labute approximate surface area is 161 Å². The summed E-state index contributed by atoms with van der Waals surface area (Å²) in [5.41, 5.74) is 2.96. The van der Waals surface area contributed by atoms with Gasteiger partial charge in [0.05, 0.1) is 30.7 Å². The number of hydrogen-bond donors (Lipinski definition) is 1. The van der Waals surface area contributed by atoms with Gasteiger partial charge in [-0.15, -0.1) is 0 Å². The fraction of sp³-hybridized carbons (Fsp3) is 0.421. The van der Waals surface area contributed by atoms with Crippen molar-refractivity contribution in [3.05, 3.63) is 34.9 Å². The molecule has 1 aromatic carbocycles. The third-order valence-corrected chi connectivity index (χ3v) is 4.64. The lowest BCUT2D eigenvalue weighted by atomic mass is 10.0. The molecule has 1 fully saturated rings. The van der Waals surface area contributed by atoms with Crippen molar-refractivity contribution in [3.8, 4) is 0 Å². The smallest absolute Gasteiger partial charge is 0.311 e. The molecule has 0 aliphatic carbocycles. The molecule has 2 aliphatic heterocycles. The monoisotopic (exact) mass is 387 g/mol. The summed E-state index contributed by atoms with van der Waals surface area (Å²) in [6, 6.07) is 4.22. The molecule has 148 valence electrons. The molecule has 0 aromatic heterocycles. The molecule has 2 heterocycles. The Morgan fingerprint density at radius 1 is 1.18 bits per heavy atom. The van der Waals surface area contributed by atoms with Gasteiger partial charge in [-0.2, -0.15) is 0 Å². The number of carbonyl (C=O) groups excluding carboxylic acids is 5. The Balaban J connectivity index is 1.84. The quantitative estimate of drug-likeness (QED) is 0.598. The van der Waals surface area contributed by atoms with Gasteiger partial charge in [-0.1, -0.05) is 13.8 Å². The van der Waals surface area contributed by atoms with Crippen molar-refractivity contribution < 1.29 is 28.7 Å². The molecule has 4 amide bonds. The highest BCUT2D eigenvalue weighted by Crippen LogP contribution is 2.26. The molecular formula is C19H21N3O6. The summed E-state index contributed by atoms with van der Waals surface area (Å²) in [7, 11) is 1.22. The van der Waals surface area contributed by atoms with E-state index in [1.807, 2.05) is 13.8 Å². The van der Waals surface area contributed by atoms with Crippen LogP contribution in [0.4, 0.5) is 0 Å². The fourth-order valence-corrected chi connectivity index (χ4v) is 3.32. The number of esters is 1. The lowest BCUT2D eigenvalue weighted by Crippen LogP contribution is -2.54. The summed E-state index contributed by atoms with van der Waals surface area (Å²) in [6.07, 6.45) is -0.0716. The van der Waals surface area contributed by atoms with Crippen LogP contribution in [0.5, 0.6) is 0 Å². The number of methoxy groups -OCH3 is 1. The van der Waals surface area contributed by atoms with Gasteiger partial charge in [0.2, 0.25) is 5.91 Å². The van der Waals surface area contributed by atoms with E-state index in [0.717, 1.165) is 5.01 Å². The zero-order chi connectivity index (χ0) is 20.6. The molecule has 0 saturated carbocycles. The van der Waals surface area contributed by atoms with Gasteiger partial charge >= 0.3 is 5.97 Å². The van der Waals surface area contributed by atoms with E-state index in [1.165, 1.54) is 30.2 Å². The first kappa shape index (κ1) is 19.5. The minimum Gasteiger partial charge on any atom is -0.469 e. The van der Waals surface area contributed by atoms with E-state index in [1.54, 1.807) is 0 Å². The van der Waals surface area contributed by atoms with Crippen LogP contribution in [0.1, 0.15) is 51.3 Å². The highest BCUT2D eigenvalue weighted by Gasteiger charge is 2.38. The summed E-state index contributed by atoms with van der Waals surface area (Å²) < 4.78 is 4.66. The zero-order valence-corrected chi connectivity index (χ0v) is 15.9. The normalized spacial score (nSPS) is 19.0. The van der Waals surface area contributed by atoms with Crippen LogP contribution in [-0.2, 0) is 14.3 Å². The molecule has 1 aromatic rings. The van der Waals surface area contributed by atoms with Gasteiger partial charge in [-0.05, 0) is 24.1 Å². The Kier molecular flexibility index (Phi) is 5.17. The predicted molar refractivity (Wildman–Crippen MR) is 95.9 cm³/mol. The number of fused-ring (bicyclic) bond motifs is 1. The fourth-order valence-electron chi connectivity index (χ4n) is 3.32. The van der Waals surface area contributed by atoms with Gasteiger partial charge in [0.25, 0.3) is 17.7 Å². The molecule has 1 unspecified atom stereocenters. The largest absolute Gasteiger partial charge is 0.469 e. The molecule has 3 rings (SSSR count). The van der Waals surface area contributed by atoms with Crippen LogP contribution >= 0.6 is 0 Å². The maximum absolute atomic E-state index is 12.8. The molecule has 1 atom stereocenters. The van der Waals surface area contributed by atoms with Crippen LogP contribution in [0.15, 0.2) is 18.2 Å². The summed E-state index contributed by atoms with van der Waals surface area (Å²) in [5.74, 6) is -3.11. The summed E-state index contributed by atoms with van der Waals surface area (Å²) >= 11 is 0. The van der Waals surface area contributed by atoms with Gasteiger partial charge < -0.3 is 4.74 Å². The maximum Gasteiger partial charge on any atom is 0.311 e. The van der Waals surface area contributed by atoms with Crippen molar-refractivity contribution in [1.82, 2.24) is 15.3 Å². The number of nitrogens with one attached hydrogen (secondary N) is 1. The van der Waals surface area contributed by atoms with Gasteiger partial charge in [-0.3, -0.25) is 34.3 Å².